The summed E-state index contributed by atoms with van der Waals surface area (Å²) in [7, 11) is -1.73. The third-order valence-corrected chi connectivity index (χ3v) is 4.47. The Labute approximate surface area is 152 Å². The maximum absolute atomic E-state index is 11.5. The molecule has 0 saturated heterocycles. The van der Waals surface area contributed by atoms with E-state index in [-0.39, 0.29) is 11.3 Å². The molecule has 0 bridgehead atoms. The second kappa shape index (κ2) is 8.68. The van der Waals surface area contributed by atoms with Crippen molar-refractivity contribution in [2.45, 2.75) is 11.3 Å². The lowest BCUT2D eigenvalue weighted by Gasteiger charge is -2.12. The van der Waals surface area contributed by atoms with Gasteiger partial charge in [-0.05, 0) is 42.0 Å². The molecule has 2 rings (SSSR count). The number of hydrogen-bond donors (Lipinski definition) is 1. The average Bonchev–Trinajstić information content (AvgIpc) is 2.54. The van der Waals surface area contributed by atoms with Crippen LogP contribution in [0.5, 0.6) is 17.2 Å². The van der Waals surface area contributed by atoms with Crippen molar-refractivity contribution < 1.29 is 32.5 Å². The smallest absolute Gasteiger partial charge is 0.307 e. The Morgan fingerprint density at radius 1 is 1.00 bits per heavy atom. The molecule has 0 spiro atoms. The molecule has 0 atom stereocenters. The highest BCUT2D eigenvalue weighted by Crippen LogP contribution is 2.28. The van der Waals surface area contributed by atoms with E-state index >= 15 is 0 Å². The van der Waals surface area contributed by atoms with E-state index in [1.165, 1.54) is 24.3 Å². The minimum Gasteiger partial charge on any atom is -0.491 e. The predicted molar refractivity (Wildman–Crippen MR) is 94.8 cm³/mol. The molecule has 0 saturated carbocycles. The zero-order chi connectivity index (χ0) is 19.2. The Kier molecular flexibility index (Phi) is 6.59. The van der Waals surface area contributed by atoms with Crippen LogP contribution in [0.2, 0.25) is 0 Å². The Morgan fingerprint density at radius 2 is 1.65 bits per heavy atom. The molecule has 0 aliphatic heterocycles. The van der Waals surface area contributed by atoms with Crippen LogP contribution in [0.25, 0.3) is 0 Å². The molecule has 140 valence electrons. The highest BCUT2D eigenvalue weighted by Gasteiger charge is 2.10. The van der Waals surface area contributed by atoms with Crippen LogP contribution >= 0.6 is 0 Å². The van der Waals surface area contributed by atoms with Crippen LogP contribution in [0.1, 0.15) is 5.56 Å². The summed E-state index contributed by atoms with van der Waals surface area (Å²) in [6.07, 6.45) is 0.951. The van der Waals surface area contributed by atoms with Gasteiger partial charge in [0.1, 0.15) is 23.9 Å². The normalized spacial score (nSPS) is 11.2. The van der Waals surface area contributed by atoms with Crippen molar-refractivity contribution in [2.75, 3.05) is 26.6 Å². The standard InChI is InChI=1S/C18H20O7S/c1-23-7-8-24-15-9-13(11-18(19)20)10-16(12-15)25-14-3-5-17(6-4-14)26(2,21)22/h3-6,9-10,12H,7-8,11H2,1-2H3,(H,19,20). The molecule has 2 aromatic carbocycles. The molecule has 0 unspecified atom stereocenters. The molecule has 0 heterocycles. The van der Waals surface area contributed by atoms with E-state index in [2.05, 4.69) is 0 Å². The van der Waals surface area contributed by atoms with Gasteiger partial charge in [0.15, 0.2) is 9.84 Å². The van der Waals surface area contributed by atoms with Crippen LogP contribution < -0.4 is 9.47 Å². The molecule has 0 fully saturated rings. The van der Waals surface area contributed by atoms with Gasteiger partial charge in [-0.15, -0.1) is 0 Å². The number of carbonyl (C=O) groups is 1. The molecule has 0 radical (unpaired) electrons. The Balaban J connectivity index is 2.23. The first kappa shape index (κ1) is 19.7. The van der Waals surface area contributed by atoms with Gasteiger partial charge in [0, 0.05) is 19.4 Å². The summed E-state index contributed by atoms with van der Waals surface area (Å²) in [5.74, 6) is 0.307. The molecule has 8 heteroatoms. The topological polar surface area (TPSA) is 99.1 Å². The minimum atomic E-state index is -3.28. The minimum absolute atomic E-state index is 0.176. The molecule has 2 aromatic rings. The largest absolute Gasteiger partial charge is 0.491 e. The Bertz CT molecular complexity index is 858. The molecule has 0 aliphatic rings. The highest BCUT2D eigenvalue weighted by atomic mass is 32.2. The molecule has 7 nitrogen and oxygen atoms in total. The summed E-state index contributed by atoms with van der Waals surface area (Å²) in [5, 5.41) is 9.00. The molecule has 1 N–H and O–H groups in total. The number of methoxy groups -OCH3 is 1. The van der Waals surface area contributed by atoms with E-state index < -0.39 is 15.8 Å². The molecule has 0 amide bonds. The van der Waals surface area contributed by atoms with Crippen LogP contribution in [0.15, 0.2) is 47.4 Å². The van der Waals surface area contributed by atoms with Crippen molar-refractivity contribution in [3.63, 3.8) is 0 Å². The first-order chi connectivity index (χ1) is 12.3. The maximum Gasteiger partial charge on any atom is 0.307 e. The SMILES string of the molecule is COCCOc1cc(CC(=O)O)cc(Oc2ccc(S(C)(=O)=O)cc2)c1. The summed E-state index contributed by atoms with van der Waals surface area (Å²) in [4.78, 5) is 11.2. The summed E-state index contributed by atoms with van der Waals surface area (Å²) >= 11 is 0. The zero-order valence-electron chi connectivity index (χ0n) is 14.5. The third kappa shape index (κ3) is 6.05. The van der Waals surface area contributed by atoms with Crippen molar-refractivity contribution in [1.82, 2.24) is 0 Å². The quantitative estimate of drug-likeness (QED) is 0.667. The fourth-order valence-corrected chi connectivity index (χ4v) is 2.81. The zero-order valence-corrected chi connectivity index (χ0v) is 15.3. The monoisotopic (exact) mass is 380 g/mol. The van der Waals surface area contributed by atoms with E-state index in [9.17, 15) is 13.2 Å². The van der Waals surface area contributed by atoms with Gasteiger partial charge in [-0.2, -0.15) is 0 Å². The highest BCUT2D eigenvalue weighted by molar-refractivity contribution is 7.90. The number of benzene rings is 2. The van der Waals surface area contributed by atoms with Crippen molar-refractivity contribution in [2.24, 2.45) is 0 Å². The van der Waals surface area contributed by atoms with Crippen molar-refractivity contribution in [3.8, 4) is 17.2 Å². The van der Waals surface area contributed by atoms with Crippen molar-refractivity contribution in [1.29, 1.82) is 0 Å². The number of ether oxygens (including phenoxy) is 3. The number of sulfone groups is 1. The summed E-state index contributed by atoms with van der Waals surface area (Å²) in [6.45, 7) is 0.710. The second-order valence-electron chi connectivity index (χ2n) is 5.57. The first-order valence-corrected chi connectivity index (χ1v) is 9.62. The van der Waals surface area contributed by atoms with E-state index in [1.807, 2.05) is 0 Å². The number of hydrogen-bond acceptors (Lipinski definition) is 6. The number of carboxylic acid groups (broad SMARTS) is 1. The van der Waals surface area contributed by atoms with Crippen LogP contribution in [0.4, 0.5) is 0 Å². The van der Waals surface area contributed by atoms with Gasteiger partial charge in [-0.1, -0.05) is 0 Å². The molecule has 26 heavy (non-hydrogen) atoms. The van der Waals surface area contributed by atoms with Gasteiger partial charge in [0.25, 0.3) is 0 Å². The third-order valence-electron chi connectivity index (χ3n) is 3.34. The number of aliphatic carboxylic acids is 1. The van der Waals surface area contributed by atoms with Gasteiger partial charge < -0.3 is 19.3 Å². The lowest BCUT2D eigenvalue weighted by atomic mass is 10.1. The van der Waals surface area contributed by atoms with Gasteiger partial charge in [-0.25, -0.2) is 8.42 Å². The van der Waals surface area contributed by atoms with E-state index in [1.54, 1.807) is 25.3 Å². The van der Waals surface area contributed by atoms with Crippen molar-refractivity contribution >= 4 is 15.8 Å². The van der Waals surface area contributed by atoms with Gasteiger partial charge in [0.2, 0.25) is 0 Å². The lowest BCUT2D eigenvalue weighted by Crippen LogP contribution is -2.06. The lowest BCUT2D eigenvalue weighted by molar-refractivity contribution is -0.136. The second-order valence-corrected chi connectivity index (χ2v) is 7.59. The summed E-state index contributed by atoms with van der Waals surface area (Å²) < 4.78 is 39.2. The summed E-state index contributed by atoms with van der Waals surface area (Å²) in [6, 6.07) is 10.8. The van der Waals surface area contributed by atoms with Gasteiger partial charge in [0.05, 0.1) is 17.9 Å². The predicted octanol–water partition coefficient (Wildman–Crippen LogP) is 2.53. The fraction of sp³-hybridized carbons (Fsp3) is 0.278. The van der Waals surface area contributed by atoms with Crippen LogP contribution in [-0.4, -0.2) is 46.1 Å². The van der Waals surface area contributed by atoms with Crippen LogP contribution in [-0.2, 0) is 25.8 Å². The Morgan fingerprint density at radius 3 is 2.23 bits per heavy atom. The number of rotatable bonds is 9. The van der Waals surface area contributed by atoms with Crippen LogP contribution in [0, 0.1) is 0 Å². The average molecular weight is 380 g/mol. The van der Waals surface area contributed by atoms with Gasteiger partial charge >= 0.3 is 5.97 Å². The molecular formula is C18H20O7S. The fourth-order valence-electron chi connectivity index (χ4n) is 2.18. The van der Waals surface area contributed by atoms with Gasteiger partial charge in [-0.3, -0.25) is 4.79 Å². The van der Waals surface area contributed by atoms with Crippen molar-refractivity contribution in [3.05, 3.63) is 48.0 Å². The maximum atomic E-state index is 11.5. The Hall–Kier alpha value is -2.58. The van der Waals surface area contributed by atoms with Crippen LogP contribution in [0.3, 0.4) is 0 Å². The van der Waals surface area contributed by atoms with E-state index in [4.69, 9.17) is 19.3 Å². The molecule has 0 aliphatic carbocycles. The number of carboxylic acids is 1. The molecule has 0 aromatic heterocycles. The summed E-state index contributed by atoms with van der Waals surface area (Å²) in [5.41, 5.74) is 0.523. The van der Waals surface area contributed by atoms with E-state index in [0.29, 0.717) is 36.0 Å². The van der Waals surface area contributed by atoms with E-state index in [0.717, 1.165) is 6.26 Å². The first-order valence-electron chi connectivity index (χ1n) is 7.73. The molecular weight excluding hydrogens is 360 g/mol.